The quantitative estimate of drug-likeness (QED) is 0.763. The minimum atomic E-state index is -0.892. The van der Waals surface area contributed by atoms with Crippen LogP contribution in [0.5, 0.6) is 0 Å². The molecule has 2 N–H and O–H groups in total. The first-order chi connectivity index (χ1) is 9.30. The average molecular weight is 285 g/mol. The van der Waals surface area contributed by atoms with E-state index in [-0.39, 0.29) is 25.0 Å². The normalized spacial score (nSPS) is 21.6. The Balaban J connectivity index is 2.50. The molecule has 7 heteroatoms. The third-order valence-electron chi connectivity index (χ3n) is 3.54. The number of urea groups is 1. The zero-order valence-electron chi connectivity index (χ0n) is 12.3. The zero-order chi connectivity index (χ0) is 15.3. The van der Waals surface area contributed by atoms with Gasteiger partial charge in [-0.05, 0) is 19.8 Å². The molecule has 3 amide bonds. The highest BCUT2D eigenvalue weighted by Crippen LogP contribution is 2.30. The molecule has 0 aromatic carbocycles. The van der Waals surface area contributed by atoms with Crippen molar-refractivity contribution in [3.63, 3.8) is 0 Å². The van der Waals surface area contributed by atoms with Crippen LogP contribution in [0.4, 0.5) is 4.79 Å². The molecule has 0 saturated carbocycles. The van der Waals surface area contributed by atoms with E-state index in [4.69, 9.17) is 5.11 Å². The van der Waals surface area contributed by atoms with Crippen LogP contribution in [-0.4, -0.2) is 66.0 Å². The SMILES string of the molecule is CCCNC(=O)CN(C)C(=O)N1CCC(C)(C(=O)O)C1. The minimum absolute atomic E-state index is 0.0148. The van der Waals surface area contributed by atoms with Crippen LogP contribution in [-0.2, 0) is 9.59 Å². The predicted molar refractivity (Wildman–Crippen MR) is 73.3 cm³/mol. The first-order valence-electron chi connectivity index (χ1n) is 6.80. The van der Waals surface area contributed by atoms with Gasteiger partial charge in [0.2, 0.25) is 5.91 Å². The number of rotatable bonds is 5. The van der Waals surface area contributed by atoms with Crippen molar-refractivity contribution in [2.24, 2.45) is 5.41 Å². The average Bonchev–Trinajstić information content (AvgIpc) is 2.79. The highest BCUT2D eigenvalue weighted by Gasteiger charge is 2.42. The molecule has 1 fully saturated rings. The van der Waals surface area contributed by atoms with E-state index in [1.807, 2.05) is 6.92 Å². The molecular formula is C13H23N3O4. The van der Waals surface area contributed by atoms with Crippen LogP contribution < -0.4 is 5.32 Å². The van der Waals surface area contributed by atoms with E-state index >= 15 is 0 Å². The van der Waals surface area contributed by atoms with Gasteiger partial charge in [-0.2, -0.15) is 0 Å². The van der Waals surface area contributed by atoms with Crippen molar-refractivity contribution >= 4 is 17.9 Å². The summed E-state index contributed by atoms with van der Waals surface area (Å²) >= 11 is 0. The Morgan fingerprint density at radius 2 is 2.05 bits per heavy atom. The van der Waals surface area contributed by atoms with Crippen molar-refractivity contribution in [1.82, 2.24) is 15.1 Å². The Morgan fingerprint density at radius 1 is 1.40 bits per heavy atom. The molecule has 1 heterocycles. The van der Waals surface area contributed by atoms with Gasteiger partial charge in [0.25, 0.3) is 0 Å². The second-order valence-electron chi connectivity index (χ2n) is 5.53. The summed E-state index contributed by atoms with van der Waals surface area (Å²) in [5, 5.41) is 11.8. The summed E-state index contributed by atoms with van der Waals surface area (Å²) in [5.74, 6) is -1.10. The van der Waals surface area contributed by atoms with Crippen molar-refractivity contribution in [3.8, 4) is 0 Å². The van der Waals surface area contributed by atoms with Gasteiger partial charge < -0.3 is 20.2 Å². The van der Waals surface area contributed by atoms with E-state index in [0.29, 0.717) is 19.5 Å². The summed E-state index contributed by atoms with van der Waals surface area (Å²) in [6.45, 7) is 4.74. The largest absolute Gasteiger partial charge is 0.481 e. The number of carbonyl (C=O) groups excluding carboxylic acids is 2. The van der Waals surface area contributed by atoms with Gasteiger partial charge in [-0.1, -0.05) is 6.92 Å². The lowest BCUT2D eigenvalue weighted by molar-refractivity contribution is -0.147. The maximum absolute atomic E-state index is 12.1. The first-order valence-corrected chi connectivity index (χ1v) is 6.80. The second kappa shape index (κ2) is 6.58. The summed E-state index contributed by atoms with van der Waals surface area (Å²) in [6, 6.07) is -0.304. The molecule has 1 aliphatic heterocycles. The summed E-state index contributed by atoms with van der Waals surface area (Å²) in [6.07, 6.45) is 1.27. The highest BCUT2D eigenvalue weighted by atomic mass is 16.4. The molecule has 0 aromatic heterocycles. The molecule has 20 heavy (non-hydrogen) atoms. The molecule has 1 unspecified atom stereocenters. The van der Waals surface area contributed by atoms with Crippen molar-refractivity contribution < 1.29 is 19.5 Å². The molecule has 1 saturated heterocycles. The highest BCUT2D eigenvalue weighted by molar-refractivity contribution is 5.84. The van der Waals surface area contributed by atoms with E-state index in [1.165, 1.54) is 9.80 Å². The van der Waals surface area contributed by atoms with E-state index in [0.717, 1.165) is 6.42 Å². The van der Waals surface area contributed by atoms with E-state index in [2.05, 4.69) is 5.32 Å². The molecule has 114 valence electrons. The molecule has 7 nitrogen and oxygen atoms in total. The lowest BCUT2D eigenvalue weighted by Gasteiger charge is -2.25. The molecule has 0 spiro atoms. The molecule has 0 radical (unpaired) electrons. The number of amides is 3. The fourth-order valence-corrected chi connectivity index (χ4v) is 2.14. The Morgan fingerprint density at radius 3 is 2.55 bits per heavy atom. The molecule has 0 aliphatic carbocycles. The predicted octanol–water partition coefficient (Wildman–Crippen LogP) is 0.361. The third kappa shape index (κ3) is 3.85. The van der Waals surface area contributed by atoms with Crippen molar-refractivity contribution in [2.45, 2.75) is 26.7 Å². The Hall–Kier alpha value is -1.79. The Kier molecular flexibility index (Phi) is 5.35. The van der Waals surface area contributed by atoms with Crippen molar-refractivity contribution in [1.29, 1.82) is 0 Å². The number of nitrogens with one attached hydrogen (secondary N) is 1. The van der Waals surface area contributed by atoms with Gasteiger partial charge >= 0.3 is 12.0 Å². The molecule has 0 aromatic rings. The van der Waals surface area contributed by atoms with Crippen LogP contribution in [0.2, 0.25) is 0 Å². The monoisotopic (exact) mass is 285 g/mol. The van der Waals surface area contributed by atoms with Gasteiger partial charge in [0.15, 0.2) is 0 Å². The third-order valence-corrected chi connectivity index (χ3v) is 3.54. The minimum Gasteiger partial charge on any atom is -0.481 e. The van der Waals surface area contributed by atoms with Crippen LogP contribution in [0.15, 0.2) is 0 Å². The number of carboxylic acid groups (broad SMARTS) is 1. The zero-order valence-corrected chi connectivity index (χ0v) is 12.3. The fourth-order valence-electron chi connectivity index (χ4n) is 2.14. The smallest absolute Gasteiger partial charge is 0.320 e. The Bertz CT molecular complexity index is 399. The lowest BCUT2D eigenvalue weighted by Crippen LogP contribution is -2.45. The van der Waals surface area contributed by atoms with Crippen LogP contribution in [0.25, 0.3) is 0 Å². The second-order valence-corrected chi connectivity index (χ2v) is 5.53. The van der Waals surface area contributed by atoms with Gasteiger partial charge in [-0.3, -0.25) is 9.59 Å². The van der Waals surface area contributed by atoms with Crippen LogP contribution in [0, 0.1) is 5.41 Å². The maximum atomic E-state index is 12.1. The molecular weight excluding hydrogens is 262 g/mol. The fraction of sp³-hybridized carbons (Fsp3) is 0.769. The van der Waals surface area contributed by atoms with Gasteiger partial charge in [-0.25, -0.2) is 4.79 Å². The number of likely N-dealkylation sites (tertiary alicyclic amines) is 1. The number of nitrogens with zero attached hydrogens (tertiary/aromatic N) is 2. The summed E-state index contributed by atoms with van der Waals surface area (Å²) in [4.78, 5) is 37.6. The Labute approximate surface area is 118 Å². The molecule has 1 aliphatic rings. The van der Waals surface area contributed by atoms with Crippen molar-refractivity contribution in [3.05, 3.63) is 0 Å². The number of carboxylic acids is 1. The van der Waals surface area contributed by atoms with Gasteiger partial charge in [0, 0.05) is 26.7 Å². The lowest BCUT2D eigenvalue weighted by atomic mass is 9.90. The number of aliphatic carboxylic acids is 1. The van der Waals surface area contributed by atoms with E-state index in [9.17, 15) is 14.4 Å². The van der Waals surface area contributed by atoms with Crippen molar-refractivity contribution in [2.75, 3.05) is 33.2 Å². The summed E-state index contributed by atoms with van der Waals surface area (Å²) < 4.78 is 0. The topological polar surface area (TPSA) is 90.0 Å². The van der Waals surface area contributed by atoms with Crippen LogP contribution in [0.1, 0.15) is 26.7 Å². The van der Waals surface area contributed by atoms with E-state index < -0.39 is 11.4 Å². The standard InChI is InChI=1S/C13H23N3O4/c1-4-6-14-10(17)8-15(3)12(20)16-7-5-13(2,9-16)11(18)19/h4-9H2,1-3H3,(H,14,17)(H,18,19). The number of hydrogen-bond acceptors (Lipinski definition) is 3. The molecule has 0 bridgehead atoms. The van der Waals surface area contributed by atoms with Crippen LogP contribution >= 0.6 is 0 Å². The maximum Gasteiger partial charge on any atom is 0.320 e. The van der Waals surface area contributed by atoms with Crippen LogP contribution in [0.3, 0.4) is 0 Å². The van der Waals surface area contributed by atoms with Gasteiger partial charge in [-0.15, -0.1) is 0 Å². The molecule has 1 atom stereocenters. The first kappa shape index (κ1) is 16.3. The number of likely N-dealkylation sites (N-methyl/N-ethyl adjacent to an activating group) is 1. The number of carbonyl (C=O) groups is 3. The molecule has 1 rings (SSSR count). The van der Waals surface area contributed by atoms with E-state index in [1.54, 1.807) is 14.0 Å². The van der Waals surface area contributed by atoms with Gasteiger partial charge in [0.1, 0.15) is 6.54 Å². The number of hydrogen-bond donors (Lipinski definition) is 2. The summed E-state index contributed by atoms with van der Waals surface area (Å²) in [7, 11) is 1.55. The summed E-state index contributed by atoms with van der Waals surface area (Å²) in [5.41, 5.74) is -0.888. The van der Waals surface area contributed by atoms with Gasteiger partial charge in [0.05, 0.1) is 5.41 Å².